The molecular formula is C25H28ClN3O4. The maximum Gasteiger partial charge on any atom is 0.255 e. The molecule has 33 heavy (non-hydrogen) atoms. The predicted molar refractivity (Wildman–Crippen MR) is 126 cm³/mol. The van der Waals surface area contributed by atoms with Gasteiger partial charge in [0.25, 0.3) is 5.91 Å². The van der Waals surface area contributed by atoms with Crippen molar-refractivity contribution in [1.29, 1.82) is 0 Å². The summed E-state index contributed by atoms with van der Waals surface area (Å²) in [5, 5.41) is 2.31. The zero-order valence-electron chi connectivity index (χ0n) is 18.6. The highest BCUT2D eigenvalue weighted by Gasteiger charge is 2.39. The van der Waals surface area contributed by atoms with Crippen molar-refractivity contribution in [3.05, 3.63) is 69.8 Å². The van der Waals surface area contributed by atoms with Crippen LogP contribution in [0.4, 0.5) is 0 Å². The Bertz CT molecular complexity index is 1110. The number of carbonyl (C=O) groups excluding carboxylic acids is 4. The molecule has 2 aliphatic rings. The van der Waals surface area contributed by atoms with Gasteiger partial charge in [0, 0.05) is 37.9 Å². The molecule has 1 fully saturated rings. The maximum atomic E-state index is 12.8. The number of rotatable bonds is 7. The number of fused-ring (bicyclic) bond motifs is 1. The molecule has 0 saturated carbocycles. The number of ketones is 1. The molecule has 1 saturated heterocycles. The molecule has 2 heterocycles. The Labute approximate surface area is 199 Å². The number of nitrogens with one attached hydrogen (secondary N) is 1. The molecule has 0 spiro atoms. The number of benzene rings is 2. The molecule has 0 bridgehead atoms. The van der Waals surface area contributed by atoms with Crippen LogP contribution in [0.2, 0.25) is 0 Å². The Balaban J connectivity index is 0.00000306. The molecule has 3 N–H and O–H groups in total. The van der Waals surface area contributed by atoms with Crippen LogP contribution in [0.25, 0.3) is 0 Å². The zero-order valence-corrected chi connectivity index (χ0v) is 19.4. The van der Waals surface area contributed by atoms with E-state index in [2.05, 4.69) is 5.32 Å². The summed E-state index contributed by atoms with van der Waals surface area (Å²) in [6, 6.07) is 11.0. The lowest BCUT2D eigenvalue weighted by molar-refractivity contribution is -0.137. The fraction of sp³-hybridized carbons (Fsp3) is 0.360. The summed E-state index contributed by atoms with van der Waals surface area (Å²) < 4.78 is 0. The van der Waals surface area contributed by atoms with Crippen LogP contribution < -0.4 is 11.1 Å². The molecular weight excluding hydrogens is 442 g/mol. The molecule has 1 unspecified atom stereocenters. The molecule has 0 aromatic heterocycles. The largest absolute Gasteiger partial charge is 0.326 e. The van der Waals surface area contributed by atoms with Crippen LogP contribution in [0.15, 0.2) is 36.4 Å². The number of hydrogen-bond donors (Lipinski definition) is 2. The normalized spacial score (nSPS) is 17.5. The van der Waals surface area contributed by atoms with E-state index in [-0.39, 0.29) is 36.4 Å². The average Bonchev–Trinajstić information content (AvgIpc) is 3.08. The van der Waals surface area contributed by atoms with Gasteiger partial charge in [-0.05, 0) is 48.1 Å². The van der Waals surface area contributed by atoms with E-state index in [0.717, 1.165) is 27.8 Å². The Morgan fingerprint density at radius 3 is 2.64 bits per heavy atom. The van der Waals surface area contributed by atoms with Gasteiger partial charge in [0.1, 0.15) is 11.8 Å². The summed E-state index contributed by atoms with van der Waals surface area (Å²) in [4.78, 5) is 50.5. The maximum absolute atomic E-state index is 12.8. The number of Topliss-reactive ketones (excluding diaryl/α,β-unsaturated/α-hetero) is 1. The summed E-state index contributed by atoms with van der Waals surface area (Å²) in [5.74, 6) is -0.759. The van der Waals surface area contributed by atoms with Gasteiger partial charge in [0.15, 0.2) is 0 Å². The fourth-order valence-electron chi connectivity index (χ4n) is 4.49. The molecule has 0 radical (unpaired) electrons. The quantitative estimate of drug-likeness (QED) is 0.605. The van der Waals surface area contributed by atoms with Crippen molar-refractivity contribution in [3.63, 3.8) is 0 Å². The van der Waals surface area contributed by atoms with Crippen LogP contribution in [0, 0.1) is 6.92 Å². The standard InChI is InChI=1S/C25H27N3O4.ClH/c1-15-2-5-17(13-26)18(10-15)12-20(29)6-3-16-4-7-21-19(11-16)14-28(25(21)32)22-8-9-23(30)27-24(22)31;/h2,4-5,7,10-11,22H,3,6,8-9,12-14,26H2,1H3,(H,27,30,31);1H. The van der Waals surface area contributed by atoms with Gasteiger partial charge in [-0.25, -0.2) is 0 Å². The number of halogens is 1. The lowest BCUT2D eigenvalue weighted by Crippen LogP contribution is -2.52. The van der Waals surface area contributed by atoms with E-state index in [1.54, 1.807) is 6.07 Å². The number of hydrogen-bond acceptors (Lipinski definition) is 5. The van der Waals surface area contributed by atoms with E-state index in [1.807, 2.05) is 37.3 Å². The molecule has 7 nitrogen and oxygen atoms in total. The van der Waals surface area contributed by atoms with Crippen molar-refractivity contribution in [1.82, 2.24) is 10.2 Å². The third-order valence-corrected chi connectivity index (χ3v) is 6.25. The van der Waals surface area contributed by atoms with Crippen LogP contribution in [0.5, 0.6) is 0 Å². The van der Waals surface area contributed by atoms with E-state index >= 15 is 0 Å². The molecule has 8 heteroatoms. The molecule has 3 amide bonds. The monoisotopic (exact) mass is 469 g/mol. The lowest BCUT2D eigenvalue weighted by Gasteiger charge is -2.29. The number of aryl methyl sites for hydroxylation is 2. The Hall–Kier alpha value is -3.03. The molecule has 2 aromatic rings. The first-order chi connectivity index (χ1) is 15.4. The lowest BCUT2D eigenvalue weighted by atomic mass is 9.96. The first kappa shape index (κ1) is 24.6. The fourth-order valence-corrected chi connectivity index (χ4v) is 4.49. The Kier molecular flexibility index (Phi) is 7.66. The van der Waals surface area contributed by atoms with Gasteiger partial charge >= 0.3 is 0 Å². The van der Waals surface area contributed by atoms with Crippen LogP contribution >= 0.6 is 12.4 Å². The minimum atomic E-state index is -0.622. The van der Waals surface area contributed by atoms with Crippen molar-refractivity contribution < 1.29 is 19.2 Å². The van der Waals surface area contributed by atoms with E-state index in [9.17, 15) is 19.2 Å². The molecule has 174 valence electrons. The number of nitrogens with zero attached hydrogens (tertiary/aromatic N) is 1. The summed E-state index contributed by atoms with van der Waals surface area (Å²) >= 11 is 0. The predicted octanol–water partition coefficient (Wildman–Crippen LogP) is 2.38. The van der Waals surface area contributed by atoms with Crippen molar-refractivity contribution in [2.24, 2.45) is 5.73 Å². The molecule has 0 aliphatic carbocycles. The van der Waals surface area contributed by atoms with Crippen molar-refractivity contribution in [3.8, 4) is 0 Å². The van der Waals surface area contributed by atoms with Gasteiger partial charge in [-0.3, -0.25) is 24.5 Å². The molecule has 1 atom stereocenters. The smallest absolute Gasteiger partial charge is 0.255 e. The van der Waals surface area contributed by atoms with Crippen molar-refractivity contribution >= 4 is 35.9 Å². The summed E-state index contributed by atoms with van der Waals surface area (Å²) in [5.41, 5.74) is 11.3. The van der Waals surface area contributed by atoms with E-state index < -0.39 is 11.9 Å². The first-order valence-electron chi connectivity index (χ1n) is 10.9. The van der Waals surface area contributed by atoms with Crippen molar-refractivity contribution in [2.75, 3.05) is 0 Å². The summed E-state index contributed by atoms with van der Waals surface area (Å²) in [6.07, 6.45) is 1.93. The molecule has 2 aromatic carbocycles. The number of nitrogens with two attached hydrogens (primary N) is 1. The van der Waals surface area contributed by atoms with Gasteiger partial charge in [-0.1, -0.05) is 35.9 Å². The highest BCUT2D eigenvalue weighted by atomic mass is 35.5. The minimum absolute atomic E-state index is 0. The van der Waals surface area contributed by atoms with E-state index in [4.69, 9.17) is 5.73 Å². The van der Waals surface area contributed by atoms with Crippen LogP contribution in [0.1, 0.15) is 57.4 Å². The van der Waals surface area contributed by atoms with Crippen LogP contribution in [-0.2, 0) is 40.3 Å². The average molecular weight is 470 g/mol. The summed E-state index contributed by atoms with van der Waals surface area (Å²) in [6.45, 7) is 2.75. The van der Waals surface area contributed by atoms with Crippen LogP contribution in [-0.4, -0.2) is 34.4 Å². The molecule has 2 aliphatic heterocycles. The van der Waals surface area contributed by atoms with Gasteiger partial charge < -0.3 is 10.6 Å². The highest BCUT2D eigenvalue weighted by molar-refractivity contribution is 6.05. The van der Waals surface area contributed by atoms with Gasteiger partial charge in [-0.2, -0.15) is 0 Å². The summed E-state index contributed by atoms with van der Waals surface area (Å²) in [7, 11) is 0. The SMILES string of the molecule is Cc1ccc(CN)c(CC(=O)CCc2ccc3c(c2)CN(C2CCC(=O)NC2=O)C3=O)c1.Cl. The minimum Gasteiger partial charge on any atom is -0.326 e. The third-order valence-electron chi connectivity index (χ3n) is 6.25. The van der Waals surface area contributed by atoms with Gasteiger partial charge in [-0.15, -0.1) is 12.4 Å². The third kappa shape index (κ3) is 5.31. The van der Waals surface area contributed by atoms with E-state index in [0.29, 0.717) is 44.3 Å². The number of amides is 3. The Morgan fingerprint density at radius 1 is 1.12 bits per heavy atom. The second kappa shape index (κ2) is 10.3. The topological polar surface area (TPSA) is 110 Å². The van der Waals surface area contributed by atoms with E-state index in [1.165, 1.54) is 4.90 Å². The zero-order chi connectivity index (χ0) is 22.8. The number of imide groups is 1. The van der Waals surface area contributed by atoms with Crippen molar-refractivity contribution in [2.45, 2.75) is 58.2 Å². The first-order valence-corrected chi connectivity index (χ1v) is 10.9. The second-order valence-corrected chi connectivity index (χ2v) is 8.58. The number of carbonyl (C=O) groups is 4. The van der Waals surface area contributed by atoms with Crippen LogP contribution in [0.3, 0.4) is 0 Å². The second-order valence-electron chi connectivity index (χ2n) is 8.58. The van der Waals surface area contributed by atoms with Gasteiger partial charge in [0.2, 0.25) is 11.8 Å². The highest BCUT2D eigenvalue weighted by Crippen LogP contribution is 2.28. The molecule has 4 rings (SSSR count). The number of piperidine rings is 1. The van der Waals surface area contributed by atoms with Gasteiger partial charge in [0.05, 0.1) is 0 Å². The Morgan fingerprint density at radius 2 is 1.91 bits per heavy atom.